The number of β-amino-alcohol motifs (C(OH)–C–C–N with tert-alkyl or cyclic N) is 1. The summed E-state index contributed by atoms with van der Waals surface area (Å²) in [7, 11) is 0. The normalized spacial score (nSPS) is 15.4. The maximum absolute atomic E-state index is 12.1. The minimum absolute atomic E-state index is 0.0941. The van der Waals surface area contributed by atoms with E-state index in [1.807, 2.05) is 6.07 Å². The number of hydrogen-bond donors (Lipinski definition) is 1. The average Bonchev–Trinajstić information content (AvgIpc) is 2.81. The van der Waals surface area contributed by atoms with E-state index in [-0.39, 0.29) is 5.91 Å². The number of rotatable bonds is 2. The molecule has 6 nitrogen and oxygen atoms in total. The van der Waals surface area contributed by atoms with Crippen molar-refractivity contribution >= 4 is 5.91 Å². The van der Waals surface area contributed by atoms with Crippen molar-refractivity contribution in [3.05, 3.63) is 35.7 Å². The molecule has 2 aromatic rings. The lowest BCUT2D eigenvalue weighted by molar-refractivity contribution is 0.00590. The number of aliphatic hydroxyl groups excluding tert-OH is 1. The second-order valence-corrected chi connectivity index (χ2v) is 4.57. The molecule has 98 valence electrons. The monoisotopic (exact) mass is 259 g/mol. The predicted molar refractivity (Wildman–Crippen MR) is 66.4 cm³/mol. The highest BCUT2D eigenvalue weighted by Gasteiger charge is 2.29. The fourth-order valence-corrected chi connectivity index (χ4v) is 2.00. The summed E-state index contributed by atoms with van der Waals surface area (Å²) in [5.41, 5.74) is 1.27. The molecule has 1 N–H and O–H groups in total. The molecule has 0 aliphatic carbocycles. The third kappa shape index (κ3) is 2.22. The molecular weight excluding hydrogens is 246 g/mol. The number of carbonyl (C=O) groups excluding carboxylic acids is 1. The van der Waals surface area contributed by atoms with E-state index < -0.39 is 6.10 Å². The molecule has 0 unspecified atom stereocenters. The Kier molecular flexibility index (Phi) is 2.79. The van der Waals surface area contributed by atoms with Gasteiger partial charge in [0.2, 0.25) is 11.8 Å². The van der Waals surface area contributed by atoms with Crippen LogP contribution in [0.2, 0.25) is 0 Å². The maximum atomic E-state index is 12.1. The van der Waals surface area contributed by atoms with Gasteiger partial charge in [0.15, 0.2) is 0 Å². The largest absolute Gasteiger partial charge is 0.421 e. The average molecular weight is 259 g/mol. The lowest BCUT2D eigenvalue weighted by Crippen LogP contribution is -2.53. The van der Waals surface area contributed by atoms with E-state index in [1.165, 1.54) is 0 Å². The van der Waals surface area contributed by atoms with E-state index in [0.29, 0.717) is 36.0 Å². The first-order valence-electron chi connectivity index (χ1n) is 6.01. The van der Waals surface area contributed by atoms with Crippen LogP contribution in [0, 0.1) is 6.92 Å². The van der Waals surface area contributed by atoms with Gasteiger partial charge < -0.3 is 14.4 Å². The van der Waals surface area contributed by atoms with E-state index in [9.17, 15) is 9.90 Å². The molecule has 1 aromatic heterocycles. The molecule has 1 saturated heterocycles. The number of amides is 1. The van der Waals surface area contributed by atoms with Crippen molar-refractivity contribution in [2.75, 3.05) is 13.1 Å². The summed E-state index contributed by atoms with van der Waals surface area (Å²) in [4.78, 5) is 13.7. The standard InChI is InChI=1S/C13H13N3O3/c1-8-14-15-12(19-8)9-3-2-4-10(5-9)13(18)16-6-11(17)7-16/h2-5,11,17H,6-7H2,1H3. The summed E-state index contributed by atoms with van der Waals surface area (Å²) in [6.07, 6.45) is -0.397. The SMILES string of the molecule is Cc1nnc(-c2cccc(C(=O)N3CC(O)C3)c2)o1. The van der Waals surface area contributed by atoms with E-state index in [4.69, 9.17) is 4.42 Å². The second-order valence-electron chi connectivity index (χ2n) is 4.57. The first-order valence-corrected chi connectivity index (χ1v) is 6.01. The van der Waals surface area contributed by atoms with Crippen LogP contribution >= 0.6 is 0 Å². The van der Waals surface area contributed by atoms with Crippen LogP contribution in [0.1, 0.15) is 16.2 Å². The van der Waals surface area contributed by atoms with E-state index >= 15 is 0 Å². The Morgan fingerprint density at radius 1 is 1.42 bits per heavy atom. The van der Waals surface area contributed by atoms with Crippen LogP contribution in [0.3, 0.4) is 0 Å². The zero-order valence-corrected chi connectivity index (χ0v) is 10.4. The molecule has 1 aliphatic rings. The minimum Gasteiger partial charge on any atom is -0.421 e. The zero-order valence-electron chi connectivity index (χ0n) is 10.4. The molecule has 0 spiro atoms. The molecule has 3 rings (SSSR count). The highest BCUT2D eigenvalue weighted by molar-refractivity contribution is 5.95. The van der Waals surface area contributed by atoms with Gasteiger partial charge in [0.1, 0.15) is 0 Å². The topological polar surface area (TPSA) is 79.5 Å². The fourth-order valence-electron chi connectivity index (χ4n) is 2.00. The number of aliphatic hydroxyl groups is 1. The van der Waals surface area contributed by atoms with E-state index in [2.05, 4.69) is 10.2 Å². The van der Waals surface area contributed by atoms with Crippen LogP contribution < -0.4 is 0 Å². The molecule has 1 aliphatic heterocycles. The van der Waals surface area contributed by atoms with Crippen LogP contribution in [-0.2, 0) is 0 Å². The molecule has 1 fully saturated rings. The summed E-state index contributed by atoms with van der Waals surface area (Å²) in [5.74, 6) is 0.789. The zero-order chi connectivity index (χ0) is 13.4. The molecule has 1 aromatic carbocycles. The summed E-state index contributed by atoms with van der Waals surface area (Å²) < 4.78 is 5.34. The van der Waals surface area contributed by atoms with Crippen molar-refractivity contribution in [3.63, 3.8) is 0 Å². The molecule has 2 heterocycles. The summed E-state index contributed by atoms with van der Waals surface area (Å²) >= 11 is 0. The van der Waals surface area contributed by atoms with Gasteiger partial charge in [0.25, 0.3) is 5.91 Å². The number of likely N-dealkylation sites (tertiary alicyclic amines) is 1. The summed E-state index contributed by atoms with van der Waals surface area (Å²) in [6, 6.07) is 7.05. The molecule has 0 atom stereocenters. The van der Waals surface area contributed by atoms with Gasteiger partial charge in [-0.15, -0.1) is 10.2 Å². The Morgan fingerprint density at radius 2 is 2.21 bits per heavy atom. The summed E-state index contributed by atoms with van der Waals surface area (Å²) in [6.45, 7) is 2.50. The lowest BCUT2D eigenvalue weighted by atomic mass is 10.1. The van der Waals surface area contributed by atoms with Gasteiger partial charge in [0, 0.05) is 31.1 Å². The Morgan fingerprint density at radius 3 is 2.84 bits per heavy atom. The highest BCUT2D eigenvalue weighted by atomic mass is 16.4. The number of aryl methyl sites for hydroxylation is 1. The maximum Gasteiger partial charge on any atom is 0.254 e. The quantitative estimate of drug-likeness (QED) is 0.865. The molecule has 0 bridgehead atoms. The molecule has 0 saturated carbocycles. The van der Waals surface area contributed by atoms with Crippen molar-refractivity contribution in [2.45, 2.75) is 13.0 Å². The van der Waals surface area contributed by atoms with Crippen LogP contribution in [0.4, 0.5) is 0 Å². The number of aromatic nitrogens is 2. The Bertz CT molecular complexity index is 617. The van der Waals surface area contributed by atoms with Gasteiger partial charge in [0.05, 0.1) is 6.10 Å². The van der Waals surface area contributed by atoms with Crippen molar-refractivity contribution in [1.82, 2.24) is 15.1 Å². The van der Waals surface area contributed by atoms with Gasteiger partial charge in [-0.1, -0.05) is 6.07 Å². The molecule has 6 heteroatoms. The van der Waals surface area contributed by atoms with Crippen LogP contribution in [-0.4, -0.2) is 45.3 Å². The molecule has 19 heavy (non-hydrogen) atoms. The Balaban J connectivity index is 1.85. The van der Waals surface area contributed by atoms with Crippen molar-refractivity contribution in [1.29, 1.82) is 0 Å². The smallest absolute Gasteiger partial charge is 0.254 e. The van der Waals surface area contributed by atoms with Gasteiger partial charge in [-0.05, 0) is 18.2 Å². The third-order valence-corrected chi connectivity index (χ3v) is 3.03. The minimum atomic E-state index is -0.397. The van der Waals surface area contributed by atoms with Gasteiger partial charge >= 0.3 is 0 Å². The first-order chi connectivity index (χ1) is 9.13. The number of hydrogen-bond acceptors (Lipinski definition) is 5. The van der Waals surface area contributed by atoms with Crippen molar-refractivity contribution in [3.8, 4) is 11.5 Å². The molecule has 1 amide bonds. The van der Waals surface area contributed by atoms with Crippen molar-refractivity contribution < 1.29 is 14.3 Å². The number of benzene rings is 1. The first kappa shape index (κ1) is 11.9. The highest BCUT2D eigenvalue weighted by Crippen LogP contribution is 2.21. The van der Waals surface area contributed by atoms with Crippen molar-refractivity contribution in [2.24, 2.45) is 0 Å². The van der Waals surface area contributed by atoms with Crippen LogP contribution in [0.15, 0.2) is 28.7 Å². The van der Waals surface area contributed by atoms with Crippen LogP contribution in [0.5, 0.6) is 0 Å². The Hall–Kier alpha value is -2.21. The van der Waals surface area contributed by atoms with Crippen LogP contribution in [0.25, 0.3) is 11.5 Å². The second kappa shape index (κ2) is 4.47. The molecule has 0 radical (unpaired) electrons. The third-order valence-electron chi connectivity index (χ3n) is 3.03. The van der Waals surface area contributed by atoms with E-state index in [1.54, 1.807) is 30.0 Å². The number of carbonyl (C=O) groups is 1. The lowest BCUT2D eigenvalue weighted by Gasteiger charge is -2.35. The van der Waals surface area contributed by atoms with Gasteiger partial charge in [-0.3, -0.25) is 4.79 Å². The fraction of sp³-hybridized carbons (Fsp3) is 0.308. The predicted octanol–water partition coefficient (Wildman–Crippen LogP) is 0.862. The summed E-state index contributed by atoms with van der Waals surface area (Å²) in [5, 5.41) is 16.9. The van der Waals surface area contributed by atoms with Gasteiger partial charge in [-0.2, -0.15) is 0 Å². The van der Waals surface area contributed by atoms with Gasteiger partial charge in [-0.25, -0.2) is 0 Å². The number of nitrogens with zero attached hydrogens (tertiary/aromatic N) is 3. The molecular formula is C13H13N3O3. The van der Waals surface area contributed by atoms with E-state index in [0.717, 1.165) is 0 Å². The Labute approximate surface area is 109 Å².